The zero-order chi connectivity index (χ0) is 11.1. The number of halogens is 1. The molecular weight excluding hydrogens is 212 g/mol. The molecule has 1 aromatic heterocycles. The van der Waals surface area contributed by atoms with Crippen molar-refractivity contribution in [2.24, 2.45) is 0 Å². The summed E-state index contributed by atoms with van der Waals surface area (Å²) in [4.78, 5) is 10.4. The molecule has 4 nitrogen and oxygen atoms in total. The highest BCUT2D eigenvalue weighted by atomic mass is 35.5. The Morgan fingerprint density at radius 1 is 1.27 bits per heavy atom. The fraction of sp³-hybridized carbons (Fsp3) is 0.600. The van der Waals surface area contributed by atoms with E-state index >= 15 is 0 Å². The van der Waals surface area contributed by atoms with Gasteiger partial charge in [-0.2, -0.15) is 0 Å². The van der Waals surface area contributed by atoms with E-state index in [0.29, 0.717) is 11.0 Å². The van der Waals surface area contributed by atoms with E-state index in [1.807, 2.05) is 0 Å². The number of rotatable bonds is 6. The first-order chi connectivity index (χ1) is 7.26. The Hall–Kier alpha value is -0.870. The highest BCUT2D eigenvalue weighted by Crippen LogP contribution is 2.04. The van der Waals surface area contributed by atoms with Crippen LogP contribution in [-0.4, -0.2) is 41.0 Å². The molecule has 0 fully saturated rings. The molecule has 0 saturated carbocycles. The zero-order valence-corrected chi connectivity index (χ0v) is 9.96. The van der Waals surface area contributed by atoms with Gasteiger partial charge in [0.1, 0.15) is 0 Å². The number of likely N-dealkylation sites (N-methyl/N-ethyl adjacent to an activating group) is 1. The third-order valence-electron chi connectivity index (χ3n) is 2.23. The van der Waals surface area contributed by atoms with Crippen molar-refractivity contribution in [3.8, 4) is 0 Å². The maximum Gasteiger partial charge on any atom is 0.222 e. The minimum Gasteiger partial charge on any atom is -0.353 e. The second-order valence-corrected chi connectivity index (χ2v) is 3.61. The Labute approximate surface area is 95.7 Å². The molecule has 0 spiro atoms. The van der Waals surface area contributed by atoms with Crippen LogP contribution in [0.1, 0.15) is 13.8 Å². The van der Waals surface area contributed by atoms with Crippen LogP contribution in [0.15, 0.2) is 12.4 Å². The number of nitrogens with zero attached hydrogens (tertiary/aromatic N) is 3. The summed E-state index contributed by atoms with van der Waals surface area (Å²) in [5.41, 5.74) is 0. The summed E-state index contributed by atoms with van der Waals surface area (Å²) in [6.45, 7) is 8.30. The Balaban J connectivity index is 2.28. The van der Waals surface area contributed by atoms with Gasteiger partial charge in [-0.1, -0.05) is 25.4 Å². The van der Waals surface area contributed by atoms with Crippen LogP contribution < -0.4 is 5.32 Å². The molecule has 1 rings (SSSR count). The lowest BCUT2D eigenvalue weighted by Crippen LogP contribution is -2.28. The Kier molecular flexibility index (Phi) is 5.36. The predicted octanol–water partition coefficient (Wildman–Crippen LogP) is 1.88. The van der Waals surface area contributed by atoms with Crippen molar-refractivity contribution in [3.63, 3.8) is 0 Å². The fourth-order valence-electron chi connectivity index (χ4n) is 1.27. The van der Waals surface area contributed by atoms with E-state index in [2.05, 4.69) is 34.0 Å². The van der Waals surface area contributed by atoms with E-state index in [9.17, 15) is 0 Å². The van der Waals surface area contributed by atoms with Crippen molar-refractivity contribution in [1.82, 2.24) is 14.9 Å². The molecule has 0 aliphatic heterocycles. The SMILES string of the molecule is CCN(CC)CCNc1ncc(Cl)cn1. The molecule has 0 aliphatic rings. The molecule has 15 heavy (non-hydrogen) atoms. The summed E-state index contributed by atoms with van der Waals surface area (Å²) in [7, 11) is 0. The van der Waals surface area contributed by atoms with Gasteiger partial charge in [-0.3, -0.25) is 0 Å². The van der Waals surface area contributed by atoms with Crippen LogP contribution in [0.4, 0.5) is 5.95 Å². The van der Waals surface area contributed by atoms with Crippen LogP contribution in [0, 0.1) is 0 Å². The molecule has 84 valence electrons. The molecule has 1 N–H and O–H groups in total. The van der Waals surface area contributed by atoms with Crippen molar-refractivity contribution in [2.45, 2.75) is 13.8 Å². The molecule has 1 heterocycles. The van der Waals surface area contributed by atoms with Gasteiger partial charge >= 0.3 is 0 Å². The topological polar surface area (TPSA) is 41.0 Å². The first-order valence-electron chi connectivity index (χ1n) is 5.20. The third-order valence-corrected chi connectivity index (χ3v) is 2.42. The van der Waals surface area contributed by atoms with Gasteiger partial charge in [-0.15, -0.1) is 0 Å². The number of anilines is 1. The molecular formula is C10H17ClN4. The Morgan fingerprint density at radius 2 is 1.87 bits per heavy atom. The lowest BCUT2D eigenvalue weighted by atomic mass is 10.4. The molecule has 0 unspecified atom stereocenters. The van der Waals surface area contributed by atoms with Crippen LogP contribution in [-0.2, 0) is 0 Å². The maximum atomic E-state index is 5.68. The molecule has 0 bridgehead atoms. The first-order valence-corrected chi connectivity index (χ1v) is 5.57. The van der Waals surface area contributed by atoms with Crippen LogP contribution in [0.3, 0.4) is 0 Å². The van der Waals surface area contributed by atoms with E-state index in [1.54, 1.807) is 12.4 Å². The van der Waals surface area contributed by atoms with Gasteiger partial charge in [0.25, 0.3) is 0 Å². The third kappa shape index (κ3) is 4.44. The van der Waals surface area contributed by atoms with Crippen LogP contribution >= 0.6 is 11.6 Å². The second-order valence-electron chi connectivity index (χ2n) is 3.18. The summed E-state index contributed by atoms with van der Waals surface area (Å²) in [6, 6.07) is 0. The fourth-order valence-corrected chi connectivity index (χ4v) is 1.37. The molecule has 1 aromatic rings. The molecule has 0 atom stereocenters. The molecule has 5 heteroatoms. The van der Waals surface area contributed by atoms with E-state index in [4.69, 9.17) is 11.6 Å². The average molecular weight is 229 g/mol. The van der Waals surface area contributed by atoms with Crippen LogP contribution in [0.25, 0.3) is 0 Å². The van der Waals surface area contributed by atoms with Crippen molar-refractivity contribution in [1.29, 1.82) is 0 Å². The van der Waals surface area contributed by atoms with E-state index < -0.39 is 0 Å². The number of aromatic nitrogens is 2. The summed E-state index contributed by atoms with van der Waals surface area (Å²) in [6.07, 6.45) is 3.18. The van der Waals surface area contributed by atoms with E-state index in [1.165, 1.54) is 0 Å². The van der Waals surface area contributed by atoms with Crippen molar-refractivity contribution < 1.29 is 0 Å². The average Bonchev–Trinajstić information content (AvgIpc) is 2.27. The molecule has 0 saturated heterocycles. The van der Waals surface area contributed by atoms with Gasteiger partial charge in [-0.05, 0) is 13.1 Å². The first kappa shape index (κ1) is 12.2. The molecule has 0 aromatic carbocycles. The van der Waals surface area contributed by atoms with Crippen LogP contribution in [0.2, 0.25) is 5.02 Å². The number of nitrogens with one attached hydrogen (secondary N) is 1. The van der Waals surface area contributed by atoms with Gasteiger partial charge in [0.05, 0.1) is 17.4 Å². The monoisotopic (exact) mass is 228 g/mol. The minimum absolute atomic E-state index is 0.560. The standard InChI is InChI=1S/C10H17ClN4/c1-3-15(4-2)6-5-12-10-13-7-9(11)8-14-10/h7-8H,3-6H2,1-2H3,(H,12,13,14). The summed E-state index contributed by atoms with van der Waals surface area (Å²) >= 11 is 5.68. The number of hydrogen-bond acceptors (Lipinski definition) is 4. The summed E-state index contributed by atoms with van der Waals surface area (Å²) in [5, 5.41) is 3.71. The van der Waals surface area contributed by atoms with Gasteiger partial charge in [0, 0.05) is 13.1 Å². The minimum atomic E-state index is 0.560. The van der Waals surface area contributed by atoms with Gasteiger partial charge < -0.3 is 10.2 Å². The van der Waals surface area contributed by atoms with Crippen molar-refractivity contribution in [3.05, 3.63) is 17.4 Å². The molecule has 0 aliphatic carbocycles. The second kappa shape index (κ2) is 6.58. The molecule has 0 amide bonds. The smallest absolute Gasteiger partial charge is 0.222 e. The van der Waals surface area contributed by atoms with Gasteiger partial charge in [0.15, 0.2) is 0 Å². The predicted molar refractivity (Wildman–Crippen MR) is 63.3 cm³/mol. The van der Waals surface area contributed by atoms with E-state index in [0.717, 1.165) is 26.2 Å². The van der Waals surface area contributed by atoms with Gasteiger partial charge in [0.2, 0.25) is 5.95 Å². The quantitative estimate of drug-likeness (QED) is 0.808. The van der Waals surface area contributed by atoms with Crippen molar-refractivity contribution >= 4 is 17.5 Å². The van der Waals surface area contributed by atoms with Crippen molar-refractivity contribution in [2.75, 3.05) is 31.5 Å². The Bertz CT molecular complexity index is 271. The van der Waals surface area contributed by atoms with E-state index in [-0.39, 0.29) is 0 Å². The highest BCUT2D eigenvalue weighted by molar-refractivity contribution is 6.30. The Morgan fingerprint density at radius 3 is 2.40 bits per heavy atom. The van der Waals surface area contributed by atoms with Crippen LogP contribution in [0.5, 0.6) is 0 Å². The van der Waals surface area contributed by atoms with Gasteiger partial charge in [-0.25, -0.2) is 9.97 Å². The largest absolute Gasteiger partial charge is 0.353 e. The lowest BCUT2D eigenvalue weighted by Gasteiger charge is -2.17. The maximum absolute atomic E-state index is 5.68. The lowest BCUT2D eigenvalue weighted by molar-refractivity contribution is 0.316. The normalized spacial score (nSPS) is 10.7. The summed E-state index contributed by atoms with van der Waals surface area (Å²) < 4.78 is 0. The summed E-state index contributed by atoms with van der Waals surface area (Å²) in [5.74, 6) is 0.631. The number of hydrogen-bond donors (Lipinski definition) is 1. The highest BCUT2D eigenvalue weighted by Gasteiger charge is 1.99. The zero-order valence-electron chi connectivity index (χ0n) is 9.20. The molecule has 0 radical (unpaired) electrons.